The highest BCUT2D eigenvalue weighted by atomic mass is 35.5. The Bertz CT molecular complexity index is 477. The molecule has 2 N–H and O–H groups in total. The Morgan fingerprint density at radius 1 is 1.36 bits per heavy atom. The number of rotatable bonds is 5. The predicted molar refractivity (Wildman–Crippen MR) is 93.3 cm³/mol. The number of nitrogens with one attached hydrogen (secondary N) is 1. The van der Waals surface area contributed by atoms with Crippen molar-refractivity contribution < 1.29 is 9.84 Å². The van der Waals surface area contributed by atoms with E-state index in [0.29, 0.717) is 5.02 Å². The second kappa shape index (κ2) is 8.37. The minimum absolute atomic E-state index is 0. The summed E-state index contributed by atoms with van der Waals surface area (Å²) in [5.41, 5.74) is 0.765. The van der Waals surface area contributed by atoms with Crippen LogP contribution in [0.25, 0.3) is 0 Å². The minimum atomic E-state index is -0.282. The molecule has 126 valence electrons. The first-order valence-corrected chi connectivity index (χ1v) is 7.76. The molecular weight excluding hydrogens is 323 g/mol. The zero-order valence-corrected chi connectivity index (χ0v) is 15.0. The van der Waals surface area contributed by atoms with Crippen molar-refractivity contribution in [3.8, 4) is 5.75 Å². The molecule has 22 heavy (non-hydrogen) atoms. The number of methoxy groups -OCH3 is 1. The number of aliphatic hydroxyl groups excluding tert-OH is 1. The van der Waals surface area contributed by atoms with Gasteiger partial charge in [0.1, 0.15) is 5.75 Å². The van der Waals surface area contributed by atoms with Crippen molar-refractivity contribution in [3.05, 3.63) is 28.8 Å². The van der Waals surface area contributed by atoms with Gasteiger partial charge in [0, 0.05) is 54.8 Å². The maximum atomic E-state index is 9.87. The van der Waals surface area contributed by atoms with Crippen molar-refractivity contribution in [1.82, 2.24) is 10.2 Å². The van der Waals surface area contributed by atoms with Crippen molar-refractivity contribution in [2.45, 2.75) is 19.9 Å². The topological polar surface area (TPSA) is 44.7 Å². The van der Waals surface area contributed by atoms with Crippen molar-refractivity contribution in [3.63, 3.8) is 0 Å². The molecule has 1 aliphatic rings. The Labute approximate surface area is 144 Å². The summed E-state index contributed by atoms with van der Waals surface area (Å²) in [5.74, 6) is 0.824. The molecule has 1 atom stereocenters. The van der Waals surface area contributed by atoms with E-state index in [1.54, 1.807) is 7.11 Å². The maximum Gasteiger partial charge on any atom is 0.123 e. The van der Waals surface area contributed by atoms with E-state index in [2.05, 4.69) is 24.1 Å². The van der Waals surface area contributed by atoms with Crippen LogP contribution in [0.3, 0.4) is 0 Å². The van der Waals surface area contributed by atoms with E-state index in [0.717, 1.165) is 37.5 Å². The Balaban J connectivity index is 0.00000242. The lowest BCUT2D eigenvalue weighted by molar-refractivity contribution is 0.0293. The molecular formula is C16H26Cl2N2O2. The van der Waals surface area contributed by atoms with E-state index in [4.69, 9.17) is 16.3 Å². The third kappa shape index (κ3) is 4.27. The van der Waals surface area contributed by atoms with Crippen LogP contribution < -0.4 is 10.1 Å². The first-order valence-electron chi connectivity index (χ1n) is 7.38. The molecule has 1 heterocycles. The van der Waals surface area contributed by atoms with E-state index in [1.807, 2.05) is 18.2 Å². The number of nitrogens with zero attached hydrogens (tertiary/aromatic N) is 1. The van der Waals surface area contributed by atoms with E-state index < -0.39 is 0 Å². The molecule has 0 spiro atoms. The highest BCUT2D eigenvalue weighted by Crippen LogP contribution is 2.42. The minimum Gasteiger partial charge on any atom is -0.496 e. The summed E-state index contributed by atoms with van der Waals surface area (Å²) in [4.78, 5) is 2.40. The fraction of sp³-hybridized carbons (Fsp3) is 0.625. The summed E-state index contributed by atoms with van der Waals surface area (Å²) >= 11 is 6.20. The molecule has 6 heteroatoms. The van der Waals surface area contributed by atoms with Crippen LogP contribution in [-0.2, 0) is 0 Å². The van der Waals surface area contributed by atoms with Crippen molar-refractivity contribution in [1.29, 1.82) is 0 Å². The average molecular weight is 349 g/mol. The van der Waals surface area contributed by atoms with E-state index in [9.17, 15) is 5.11 Å². The smallest absolute Gasteiger partial charge is 0.123 e. The molecule has 0 saturated carbocycles. The number of halogens is 2. The predicted octanol–water partition coefficient (Wildman–Crippen LogP) is 2.74. The third-order valence-corrected chi connectivity index (χ3v) is 4.39. The van der Waals surface area contributed by atoms with Gasteiger partial charge in [-0.15, -0.1) is 12.4 Å². The largest absolute Gasteiger partial charge is 0.496 e. The Kier molecular flexibility index (Phi) is 7.42. The summed E-state index contributed by atoms with van der Waals surface area (Å²) in [6, 6.07) is 5.77. The summed E-state index contributed by atoms with van der Waals surface area (Å²) in [5, 5.41) is 13.9. The highest BCUT2D eigenvalue weighted by molar-refractivity contribution is 6.30. The standard InChI is InChI=1S/C16H25ClN2O2.ClH/c1-16(2,11-20)15(19-8-6-18-7-9-19)13-10-12(17)4-5-14(13)21-3;/h4-5,10,15,18,20H,6-9,11H2,1-3H3;1H/t15-;/m0./s1. The lowest BCUT2D eigenvalue weighted by Crippen LogP contribution is -2.49. The molecule has 0 aliphatic carbocycles. The molecule has 0 aromatic heterocycles. The molecule has 1 aromatic carbocycles. The number of ether oxygens (including phenoxy) is 1. The molecule has 0 unspecified atom stereocenters. The van der Waals surface area contributed by atoms with Crippen molar-refractivity contribution >= 4 is 24.0 Å². The first-order chi connectivity index (χ1) is 9.99. The van der Waals surface area contributed by atoms with Gasteiger partial charge in [-0.3, -0.25) is 4.90 Å². The second-order valence-corrected chi connectivity index (χ2v) is 6.66. The number of hydrogen-bond acceptors (Lipinski definition) is 4. The first kappa shape index (κ1) is 19.5. The normalized spacial score (nSPS) is 17.7. The highest BCUT2D eigenvalue weighted by Gasteiger charge is 2.37. The molecule has 4 nitrogen and oxygen atoms in total. The van der Waals surface area contributed by atoms with Crippen LogP contribution in [0.15, 0.2) is 18.2 Å². The summed E-state index contributed by atoms with van der Waals surface area (Å²) < 4.78 is 5.53. The Hall–Kier alpha value is -0.520. The van der Waals surface area contributed by atoms with Crippen LogP contribution >= 0.6 is 24.0 Å². The van der Waals surface area contributed by atoms with Crippen LogP contribution in [-0.4, -0.2) is 49.9 Å². The van der Waals surface area contributed by atoms with Gasteiger partial charge < -0.3 is 15.2 Å². The number of piperazine rings is 1. The quantitative estimate of drug-likeness (QED) is 0.858. The lowest BCUT2D eigenvalue weighted by Gasteiger charge is -2.43. The molecule has 1 saturated heterocycles. The monoisotopic (exact) mass is 348 g/mol. The number of benzene rings is 1. The van der Waals surface area contributed by atoms with Crippen LogP contribution in [0.2, 0.25) is 5.02 Å². The molecule has 1 aromatic rings. The average Bonchev–Trinajstić information content (AvgIpc) is 2.48. The van der Waals surface area contributed by atoms with Crippen molar-refractivity contribution in [2.75, 3.05) is 39.9 Å². The zero-order valence-electron chi connectivity index (χ0n) is 13.4. The molecule has 0 radical (unpaired) electrons. The molecule has 2 rings (SSSR count). The molecule has 1 aliphatic heterocycles. The SMILES string of the molecule is COc1ccc(Cl)cc1[C@H](N1CCNCC1)C(C)(C)CO.Cl. The fourth-order valence-electron chi connectivity index (χ4n) is 3.06. The summed E-state index contributed by atoms with van der Waals surface area (Å²) in [6.45, 7) is 8.09. The number of hydrogen-bond donors (Lipinski definition) is 2. The fourth-order valence-corrected chi connectivity index (χ4v) is 3.24. The van der Waals surface area contributed by atoms with Gasteiger partial charge in [0.15, 0.2) is 0 Å². The van der Waals surface area contributed by atoms with Crippen LogP contribution in [0.5, 0.6) is 5.75 Å². The van der Waals surface area contributed by atoms with Gasteiger partial charge in [-0.05, 0) is 18.2 Å². The molecule has 1 fully saturated rings. The van der Waals surface area contributed by atoms with E-state index in [-0.39, 0.29) is 30.5 Å². The van der Waals surface area contributed by atoms with Gasteiger partial charge in [0.25, 0.3) is 0 Å². The van der Waals surface area contributed by atoms with Crippen molar-refractivity contribution in [2.24, 2.45) is 5.41 Å². The van der Waals surface area contributed by atoms with E-state index in [1.165, 1.54) is 0 Å². The van der Waals surface area contributed by atoms with Crippen LogP contribution in [0.4, 0.5) is 0 Å². The van der Waals surface area contributed by atoms with Gasteiger partial charge in [-0.1, -0.05) is 25.4 Å². The molecule has 0 amide bonds. The van der Waals surface area contributed by atoms with E-state index >= 15 is 0 Å². The number of aliphatic hydroxyl groups is 1. The van der Waals surface area contributed by atoms with Gasteiger partial charge >= 0.3 is 0 Å². The van der Waals surface area contributed by atoms with Gasteiger partial charge in [0.2, 0.25) is 0 Å². The summed E-state index contributed by atoms with van der Waals surface area (Å²) in [7, 11) is 1.67. The summed E-state index contributed by atoms with van der Waals surface area (Å²) in [6.07, 6.45) is 0. The second-order valence-electron chi connectivity index (χ2n) is 6.22. The Morgan fingerprint density at radius 2 is 2.00 bits per heavy atom. The van der Waals surface area contributed by atoms with Crippen LogP contribution in [0, 0.1) is 5.41 Å². The van der Waals surface area contributed by atoms with Crippen LogP contribution in [0.1, 0.15) is 25.5 Å². The lowest BCUT2D eigenvalue weighted by atomic mass is 9.79. The maximum absolute atomic E-state index is 9.87. The third-order valence-electron chi connectivity index (χ3n) is 4.15. The zero-order chi connectivity index (χ0) is 15.5. The van der Waals surface area contributed by atoms with Gasteiger partial charge in [-0.25, -0.2) is 0 Å². The molecule has 0 bridgehead atoms. The Morgan fingerprint density at radius 3 is 2.55 bits per heavy atom. The van der Waals surface area contributed by atoms with Gasteiger partial charge in [-0.2, -0.15) is 0 Å². The van der Waals surface area contributed by atoms with Gasteiger partial charge in [0.05, 0.1) is 7.11 Å².